The first-order valence-electron chi connectivity index (χ1n) is 8.65. The number of aromatic nitrogens is 1. The van der Waals surface area contributed by atoms with Crippen LogP contribution in [0.2, 0.25) is 0 Å². The molecule has 7 nitrogen and oxygen atoms in total. The second kappa shape index (κ2) is 7.81. The molecule has 0 bridgehead atoms. The Bertz CT molecular complexity index is 965. The van der Waals surface area contributed by atoms with Crippen LogP contribution in [-0.4, -0.2) is 42.2 Å². The molecule has 1 aromatic carbocycles. The Labute approximate surface area is 158 Å². The van der Waals surface area contributed by atoms with Crippen LogP contribution in [0.25, 0.3) is 10.9 Å². The zero-order valence-corrected chi connectivity index (χ0v) is 14.7. The number of alkyl halides is 2. The van der Waals surface area contributed by atoms with E-state index in [1.54, 1.807) is 35.4 Å². The van der Waals surface area contributed by atoms with Gasteiger partial charge in [0.2, 0.25) is 0 Å². The monoisotopic (exact) mass is 389 g/mol. The van der Waals surface area contributed by atoms with E-state index in [4.69, 9.17) is 9.15 Å². The van der Waals surface area contributed by atoms with Crippen molar-refractivity contribution in [3.05, 3.63) is 54.6 Å². The van der Waals surface area contributed by atoms with Gasteiger partial charge < -0.3 is 24.1 Å². The summed E-state index contributed by atoms with van der Waals surface area (Å²) in [5.41, 5.74) is 0.701. The predicted molar refractivity (Wildman–Crippen MR) is 96.4 cm³/mol. The van der Waals surface area contributed by atoms with E-state index in [1.165, 1.54) is 18.3 Å². The Balaban J connectivity index is 1.54. The number of carbonyl (C=O) groups is 1. The first kappa shape index (κ1) is 18.2. The molecule has 0 radical (unpaired) electrons. The molecule has 0 aliphatic carbocycles. The van der Waals surface area contributed by atoms with E-state index in [9.17, 15) is 13.6 Å². The summed E-state index contributed by atoms with van der Waals surface area (Å²) < 4.78 is 40.7. The summed E-state index contributed by atoms with van der Waals surface area (Å²) in [6, 6.07) is 9.46. The van der Waals surface area contributed by atoms with Gasteiger partial charge >= 0.3 is 12.6 Å². The third-order valence-electron chi connectivity index (χ3n) is 4.40. The van der Waals surface area contributed by atoms with Crippen molar-refractivity contribution in [2.45, 2.75) is 12.7 Å². The van der Waals surface area contributed by atoms with Crippen LogP contribution in [0, 0.1) is 0 Å². The number of pyridine rings is 1. The number of nitrogens with zero attached hydrogens (tertiary/aromatic N) is 2. The molecular formula is C19H17F2N3O4. The highest BCUT2D eigenvalue weighted by atomic mass is 19.3. The normalized spacial score (nSPS) is 17.1. The lowest BCUT2D eigenvalue weighted by Crippen LogP contribution is -2.44. The van der Waals surface area contributed by atoms with Crippen molar-refractivity contribution in [2.75, 3.05) is 25.0 Å². The van der Waals surface area contributed by atoms with Crippen LogP contribution >= 0.6 is 0 Å². The van der Waals surface area contributed by atoms with E-state index in [0.717, 1.165) is 0 Å². The summed E-state index contributed by atoms with van der Waals surface area (Å²) >= 11 is 0. The van der Waals surface area contributed by atoms with Crippen molar-refractivity contribution in [2.24, 2.45) is 0 Å². The number of amides is 2. The summed E-state index contributed by atoms with van der Waals surface area (Å²) in [6.45, 7) is -1.83. The highest BCUT2D eigenvalue weighted by molar-refractivity contribution is 6.02. The van der Waals surface area contributed by atoms with Crippen molar-refractivity contribution in [1.82, 2.24) is 9.88 Å². The number of halogens is 2. The lowest BCUT2D eigenvalue weighted by Gasteiger charge is -2.32. The molecule has 2 aromatic heterocycles. The van der Waals surface area contributed by atoms with E-state index in [0.29, 0.717) is 36.5 Å². The predicted octanol–water partition coefficient (Wildman–Crippen LogP) is 4.03. The minimum Gasteiger partial charge on any atom is -0.467 e. The fourth-order valence-electron chi connectivity index (χ4n) is 3.12. The van der Waals surface area contributed by atoms with Crippen LogP contribution in [0.5, 0.6) is 5.75 Å². The largest absolute Gasteiger partial charge is 0.467 e. The van der Waals surface area contributed by atoms with Crippen molar-refractivity contribution < 1.29 is 27.5 Å². The van der Waals surface area contributed by atoms with E-state index in [2.05, 4.69) is 15.0 Å². The van der Waals surface area contributed by atoms with E-state index in [1.807, 2.05) is 0 Å². The highest BCUT2D eigenvalue weighted by Crippen LogP contribution is 2.31. The third-order valence-corrected chi connectivity index (χ3v) is 4.40. The number of furan rings is 1. The van der Waals surface area contributed by atoms with Gasteiger partial charge in [-0.15, -0.1) is 0 Å². The number of rotatable bonds is 4. The Hall–Kier alpha value is -3.20. The van der Waals surface area contributed by atoms with Gasteiger partial charge in [-0.25, -0.2) is 4.79 Å². The molecule has 1 saturated heterocycles. The number of hydrogen-bond donors (Lipinski definition) is 1. The van der Waals surface area contributed by atoms with Gasteiger partial charge in [0.05, 0.1) is 25.1 Å². The maximum absolute atomic E-state index is 12.7. The zero-order valence-electron chi connectivity index (χ0n) is 14.7. The van der Waals surface area contributed by atoms with Gasteiger partial charge in [-0.3, -0.25) is 4.98 Å². The number of nitrogens with one attached hydrogen (secondary N) is 1. The van der Waals surface area contributed by atoms with Crippen LogP contribution in [0.3, 0.4) is 0 Å². The number of carbonyl (C=O) groups excluding carboxylic acids is 1. The first-order valence-corrected chi connectivity index (χ1v) is 8.65. The summed E-state index contributed by atoms with van der Waals surface area (Å²) in [6.07, 6.45) is 2.69. The molecule has 0 saturated carbocycles. The lowest BCUT2D eigenvalue weighted by atomic mass is 10.1. The second-order valence-electron chi connectivity index (χ2n) is 6.14. The quantitative estimate of drug-likeness (QED) is 0.729. The minimum atomic E-state index is -2.96. The van der Waals surface area contributed by atoms with E-state index in [-0.39, 0.29) is 23.4 Å². The molecule has 3 aromatic rings. The highest BCUT2D eigenvalue weighted by Gasteiger charge is 2.27. The Morgan fingerprint density at radius 1 is 1.29 bits per heavy atom. The molecule has 1 unspecified atom stereocenters. The molecule has 1 N–H and O–H groups in total. The molecule has 1 aliphatic rings. The Morgan fingerprint density at radius 3 is 2.96 bits per heavy atom. The van der Waals surface area contributed by atoms with Crippen molar-refractivity contribution >= 4 is 22.6 Å². The Morgan fingerprint density at radius 2 is 2.18 bits per heavy atom. The molecule has 4 rings (SSSR count). The van der Waals surface area contributed by atoms with Crippen LogP contribution in [-0.2, 0) is 4.74 Å². The fraction of sp³-hybridized carbons (Fsp3) is 0.263. The average Bonchev–Trinajstić information content (AvgIpc) is 3.24. The molecule has 28 heavy (non-hydrogen) atoms. The van der Waals surface area contributed by atoms with Crippen LogP contribution < -0.4 is 10.1 Å². The van der Waals surface area contributed by atoms with Crippen molar-refractivity contribution in [3.63, 3.8) is 0 Å². The van der Waals surface area contributed by atoms with E-state index >= 15 is 0 Å². The van der Waals surface area contributed by atoms with Crippen LogP contribution in [0.1, 0.15) is 11.9 Å². The lowest BCUT2D eigenvalue weighted by molar-refractivity contribution is -0.0489. The van der Waals surface area contributed by atoms with E-state index < -0.39 is 6.61 Å². The van der Waals surface area contributed by atoms with Gasteiger partial charge in [0.15, 0.2) is 5.75 Å². The van der Waals surface area contributed by atoms with Gasteiger partial charge in [0.1, 0.15) is 17.4 Å². The number of urea groups is 1. The van der Waals surface area contributed by atoms with Crippen molar-refractivity contribution in [1.29, 1.82) is 0 Å². The standard InChI is InChI=1S/C19H17F2N3O4/c20-18(21)28-15-6-5-13(12-3-1-7-22-17(12)15)23-19(25)24-8-10-27-16(11-24)14-4-2-9-26-14/h1-7,9,16,18H,8,10-11H2,(H,23,25). The second-order valence-corrected chi connectivity index (χ2v) is 6.14. The number of anilines is 1. The van der Waals surface area contributed by atoms with Crippen LogP contribution in [0.15, 0.2) is 53.3 Å². The average molecular weight is 389 g/mol. The smallest absolute Gasteiger partial charge is 0.387 e. The van der Waals surface area contributed by atoms with Gasteiger partial charge in [-0.05, 0) is 36.4 Å². The first-order chi connectivity index (χ1) is 13.6. The molecule has 0 spiro atoms. The minimum absolute atomic E-state index is 0.0483. The number of benzene rings is 1. The number of hydrogen-bond acceptors (Lipinski definition) is 5. The number of fused-ring (bicyclic) bond motifs is 1. The summed E-state index contributed by atoms with van der Waals surface area (Å²) in [7, 11) is 0. The molecule has 9 heteroatoms. The van der Waals surface area contributed by atoms with Gasteiger partial charge in [0.25, 0.3) is 0 Å². The topological polar surface area (TPSA) is 76.8 Å². The van der Waals surface area contributed by atoms with Gasteiger partial charge in [-0.2, -0.15) is 8.78 Å². The van der Waals surface area contributed by atoms with Gasteiger partial charge in [0, 0.05) is 18.1 Å². The maximum Gasteiger partial charge on any atom is 0.387 e. The zero-order chi connectivity index (χ0) is 19.5. The molecule has 1 fully saturated rings. The molecular weight excluding hydrogens is 372 g/mol. The summed E-state index contributed by atoms with van der Waals surface area (Å²) in [5.74, 6) is 0.605. The van der Waals surface area contributed by atoms with Crippen LogP contribution in [0.4, 0.5) is 19.3 Å². The summed E-state index contributed by atoms with van der Waals surface area (Å²) in [5, 5.41) is 3.32. The maximum atomic E-state index is 12.7. The molecule has 1 atom stereocenters. The fourth-order valence-corrected chi connectivity index (χ4v) is 3.12. The molecule has 146 valence electrons. The molecule has 3 heterocycles. The Kier molecular flexibility index (Phi) is 5.07. The molecule has 2 amide bonds. The molecule has 1 aliphatic heterocycles. The van der Waals surface area contributed by atoms with Gasteiger partial charge in [-0.1, -0.05) is 0 Å². The SMILES string of the molecule is O=C(Nc1ccc(OC(F)F)c2ncccc12)N1CCOC(c2ccco2)C1. The number of morpholine rings is 1. The third kappa shape index (κ3) is 3.74. The number of ether oxygens (including phenoxy) is 2. The summed E-state index contributed by atoms with van der Waals surface area (Å²) in [4.78, 5) is 18.5. The van der Waals surface area contributed by atoms with Crippen molar-refractivity contribution in [3.8, 4) is 5.75 Å².